The van der Waals surface area contributed by atoms with Crippen molar-refractivity contribution in [1.82, 2.24) is 0 Å². The molecule has 0 radical (unpaired) electrons. The molecule has 0 fully saturated rings. The molecule has 0 heterocycles. The Kier molecular flexibility index (Phi) is 2.63. The van der Waals surface area contributed by atoms with Crippen molar-refractivity contribution in [3.63, 3.8) is 0 Å². The second-order valence-corrected chi connectivity index (χ2v) is 5.34. The number of ketones is 2. The van der Waals surface area contributed by atoms with Gasteiger partial charge in [0.2, 0.25) is 0 Å². The summed E-state index contributed by atoms with van der Waals surface area (Å²) in [6, 6.07) is 9.27. The Bertz CT molecular complexity index is 1040. The second kappa shape index (κ2) is 4.46. The van der Waals surface area contributed by atoms with Crippen LogP contribution in [0.2, 0.25) is 0 Å². The van der Waals surface area contributed by atoms with Crippen LogP contribution in [0.4, 0.5) is 8.78 Å². The van der Waals surface area contributed by atoms with Gasteiger partial charge in [0, 0.05) is 22.1 Å². The minimum Gasteiger partial charge on any atom is -0.507 e. The predicted molar refractivity (Wildman–Crippen MR) is 78.8 cm³/mol. The lowest BCUT2D eigenvalue weighted by Crippen LogP contribution is -2.21. The maximum Gasteiger partial charge on any atom is 0.198 e. The number of carbonyl (C=O) groups excluding carboxylic acids is 2. The van der Waals surface area contributed by atoms with Crippen LogP contribution in [0.3, 0.4) is 0 Å². The van der Waals surface area contributed by atoms with Gasteiger partial charge in [-0.2, -0.15) is 0 Å². The molecule has 0 aliphatic heterocycles. The molecule has 1 aliphatic rings. The highest BCUT2D eigenvalue weighted by molar-refractivity contribution is 6.30. The number of hydrogen-bond acceptors (Lipinski definition) is 3. The van der Waals surface area contributed by atoms with Gasteiger partial charge < -0.3 is 5.11 Å². The molecule has 0 saturated carbocycles. The molecule has 1 N–H and O–H groups in total. The molecular weight excluding hydrogens is 302 g/mol. The zero-order valence-corrected chi connectivity index (χ0v) is 11.6. The van der Waals surface area contributed by atoms with Crippen molar-refractivity contribution >= 4 is 22.3 Å². The first-order valence-corrected chi connectivity index (χ1v) is 6.82. The SMILES string of the molecule is O=C1c2ccccc2C(=O)c2c1cc1cc(F)c(F)cc1c2O. The highest BCUT2D eigenvalue weighted by Gasteiger charge is 2.33. The molecule has 1 aliphatic carbocycles. The summed E-state index contributed by atoms with van der Waals surface area (Å²) in [5.41, 5.74) is 0.227. The normalized spacial score (nSPS) is 13.1. The van der Waals surface area contributed by atoms with E-state index in [-0.39, 0.29) is 33.0 Å². The number of phenols is 1. The van der Waals surface area contributed by atoms with Crippen molar-refractivity contribution < 1.29 is 23.5 Å². The molecule has 3 aromatic rings. The van der Waals surface area contributed by atoms with Crippen LogP contribution in [0, 0.1) is 11.6 Å². The van der Waals surface area contributed by atoms with E-state index in [2.05, 4.69) is 0 Å². The molecule has 5 heteroatoms. The molecule has 112 valence electrons. The van der Waals surface area contributed by atoms with E-state index in [9.17, 15) is 23.5 Å². The third kappa shape index (κ3) is 1.73. The quantitative estimate of drug-likeness (QED) is 0.540. The molecule has 23 heavy (non-hydrogen) atoms. The Morgan fingerprint density at radius 1 is 0.783 bits per heavy atom. The molecule has 0 bridgehead atoms. The Labute approximate surface area is 128 Å². The number of rotatable bonds is 0. The van der Waals surface area contributed by atoms with Crippen LogP contribution < -0.4 is 0 Å². The van der Waals surface area contributed by atoms with Crippen molar-refractivity contribution in [2.24, 2.45) is 0 Å². The van der Waals surface area contributed by atoms with Gasteiger partial charge >= 0.3 is 0 Å². The predicted octanol–water partition coefficient (Wildman–Crippen LogP) is 3.60. The van der Waals surface area contributed by atoms with Gasteiger partial charge in [-0.05, 0) is 23.6 Å². The van der Waals surface area contributed by atoms with Crippen LogP contribution in [-0.2, 0) is 0 Å². The highest BCUT2D eigenvalue weighted by atomic mass is 19.2. The first-order chi connectivity index (χ1) is 11.0. The smallest absolute Gasteiger partial charge is 0.198 e. The molecule has 3 aromatic carbocycles. The lowest BCUT2D eigenvalue weighted by molar-refractivity contribution is 0.0977. The Balaban J connectivity index is 2.12. The Hall–Kier alpha value is -3.08. The number of hydrogen-bond donors (Lipinski definition) is 1. The molecule has 4 rings (SSSR count). The second-order valence-electron chi connectivity index (χ2n) is 5.34. The van der Waals surface area contributed by atoms with Crippen LogP contribution >= 0.6 is 0 Å². The lowest BCUT2D eigenvalue weighted by Gasteiger charge is -2.19. The Morgan fingerprint density at radius 2 is 1.39 bits per heavy atom. The molecule has 0 saturated heterocycles. The number of phenolic OH excluding ortho intramolecular Hbond substituents is 1. The molecule has 3 nitrogen and oxygen atoms in total. The van der Waals surface area contributed by atoms with Crippen LogP contribution in [-0.4, -0.2) is 16.7 Å². The van der Waals surface area contributed by atoms with Gasteiger partial charge in [-0.3, -0.25) is 9.59 Å². The summed E-state index contributed by atoms with van der Waals surface area (Å²) >= 11 is 0. The summed E-state index contributed by atoms with van der Waals surface area (Å²) in [5, 5.41) is 10.5. The van der Waals surface area contributed by atoms with Gasteiger partial charge in [0.25, 0.3) is 0 Å². The minimum absolute atomic E-state index is 0.00953. The van der Waals surface area contributed by atoms with Crippen LogP contribution in [0.5, 0.6) is 5.75 Å². The van der Waals surface area contributed by atoms with E-state index < -0.39 is 29.0 Å². The zero-order chi connectivity index (χ0) is 16.3. The van der Waals surface area contributed by atoms with E-state index in [1.165, 1.54) is 18.2 Å². The summed E-state index contributed by atoms with van der Waals surface area (Å²) in [6.07, 6.45) is 0. The van der Waals surface area contributed by atoms with Gasteiger partial charge in [-0.15, -0.1) is 0 Å². The van der Waals surface area contributed by atoms with Gasteiger partial charge in [0.05, 0.1) is 5.56 Å². The Morgan fingerprint density at radius 3 is 2.09 bits per heavy atom. The molecule has 0 unspecified atom stereocenters. The minimum atomic E-state index is -1.14. The number of halogens is 2. The summed E-state index contributed by atoms with van der Waals surface area (Å²) in [4.78, 5) is 25.2. The highest BCUT2D eigenvalue weighted by Crippen LogP contribution is 2.38. The van der Waals surface area contributed by atoms with Crippen molar-refractivity contribution in [1.29, 1.82) is 0 Å². The van der Waals surface area contributed by atoms with E-state index in [0.29, 0.717) is 0 Å². The molecule has 0 amide bonds. The van der Waals surface area contributed by atoms with Crippen LogP contribution in [0.1, 0.15) is 31.8 Å². The number of fused-ring (bicyclic) bond motifs is 3. The van der Waals surface area contributed by atoms with Crippen molar-refractivity contribution in [2.75, 3.05) is 0 Å². The maximum atomic E-state index is 13.4. The number of benzene rings is 3. The number of carbonyl (C=O) groups is 2. The topological polar surface area (TPSA) is 54.4 Å². The monoisotopic (exact) mass is 310 g/mol. The largest absolute Gasteiger partial charge is 0.507 e. The fourth-order valence-electron chi connectivity index (χ4n) is 2.94. The third-order valence-corrected chi connectivity index (χ3v) is 4.04. The van der Waals surface area contributed by atoms with Crippen molar-refractivity contribution in [3.05, 3.63) is 76.4 Å². The van der Waals surface area contributed by atoms with E-state index in [4.69, 9.17) is 0 Å². The maximum absolute atomic E-state index is 13.4. The van der Waals surface area contributed by atoms with Gasteiger partial charge in [-0.1, -0.05) is 24.3 Å². The average Bonchev–Trinajstić information content (AvgIpc) is 2.54. The van der Waals surface area contributed by atoms with Gasteiger partial charge in [0.1, 0.15) is 5.75 Å². The molecule has 0 spiro atoms. The van der Waals surface area contributed by atoms with E-state index in [1.807, 2.05) is 0 Å². The van der Waals surface area contributed by atoms with E-state index in [0.717, 1.165) is 12.1 Å². The van der Waals surface area contributed by atoms with Crippen molar-refractivity contribution in [2.45, 2.75) is 0 Å². The van der Waals surface area contributed by atoms with Gasteiger partial charge in [-0.25, -0.2) is 8.78 Å². The first kappa shape index (κ1) is 13.6. The average molecular weight is 310 g/mol. The fourth-order valence-corrected chi connectivity index (χ4v) is 2.94. The van der Waals surface area contributed by atoms with E-state index >= 15 is 0 Å². The molecule has 0 atom stereocenters. The number of aromatic hydroxyl groups is 1. The van der Waals surface area contributed by atoms with E-state index in [1.54, 1.807) is 12.1 Å². The summed E-state index contributed by atoms with van der Waals surface area (Å²) in [6.45, 7) is 0. The molecule has 0 aromatic heterocycles. The summed E-state index contributed by atoms with van der Waals surface area (Å²) in [5.74, 6) is -3.68. The summed E-state index contributed by atoms with van der Waals surface area (Å²) < 4.78 is 26.9. The van der Waals surface area contributed by atoms with Crippen LogP contribution in [0.15, 0.2) is 42.5 Å². The standard InChI is InChI=1S/C18H8F2O3/c19-13-6-8-5-12-15(18(23)11(8)7-14(13)20)17(22)10-4-2-1-3-9(10)16(12)21/h1-7,23H. The lowest BCUT2D eigenvalue weighted by atomic mass is 9.82. The first-order valence-electron chi connectivity index (χ1n) is 6.82. The fraction of sp³-hybridized carbons (Fsp3) is 0. The third-order valence-electron chi connectivity index (χ3n) is 4.04. The zero-order valence-electron chi connectivity index (χ0n) is 11.6. The summed E-state index contributed by atoms with van der Waals surface area (Å²) in [7, 11) is 0. The van der Waals surface area contributed by atoms with Crippen molar-refractivity contribution in [3.8, 4) is 5.75 Å². The van der Waals surface area contributed by atoms with Gasteiger partial charge in [0.15, 0.2) is 23.2 Å². The molecular formula is C18H8F2O3. The van der Waals surface area contributed by atoms with Crippen LogP contribution in [0.25, 0.3) is 10.8 Å².